The molecule has 7 heteroatoms. The number of nitrogens with zero attached hydrogens (tertiary/aromatic N) is 1. The van der Waals surface area contributed by atoms with Crippen molar-refractivity contribution in [1.82, 2.24) is 15.5 Å². The van der Waals surface area contributed by atoms with Gasteiger partial charge in [-0.25, -0.2) is 4.79 Å². The average molecular weight is 576 g/mol. The molecule has 2 rings (SSSR count). The third-order valence-corrected chi connectivity index (χ3v) is 6.82. The molecule has 2 N–H and O–H groups in total. The van der Waals surface area contributed by atoms with Gasteiger partial charge in [0, 0.05) is 18.2 Å². The van der Waals surface area contributed by atoms with E-state index in [1.54, 1.807) is 49.9 Å². The number of ether oxygens (including phenoxy) is 1. The molecule has 0 fully saturated rings. The molecular weight excluding hydrogens is 526 g/mol. The van der Waals surface area contributed by atoms with E-state index in [4.69, 9.17) is 11.2 Å². The van der Waals surface area contributed by atoms with Crippen LogP contribution < -0.4 is 10.6 Å². The summed E-state index contributed by atoms with van der Waals surface area (Å²) in [6.07, 6.45) is 6.88. The van der Waals surface area contributed by atoms with Crippen LogP contribution in [0.15, 0.2) is 54.6 Å². The van der Waals surface area contributed by atoms with Crippen molar-refractivity contribution in [2.24, 2.45) is 11.8 Å². The predicted molar refractivity (Wildman–Crippen MR) is 168 cm³/mol. The molecule has 2 aromatic rings. The van der Waals surface area contributed by atoms with E-state index in [-0.39, 0.29) is 23.8 Å². The smallest absolute Gasteiger partial charge is 0.408 e. The third-order valence-electron chi connectivity index (χ3n) is 6.82. The summed E-state index contributed by atoms with van der Waals surface area (Å²) in [5, 5.41) is 5.86. The first-order valence-corrected chi connectivity index (χ1v) is 14.9. The van der Waals surface area contributed by atoms with E-state index >= 15 is 0 Å². The maximum Gasteiger partial charge on any atom is 0.408 e. The molecule has 7 nitrogen and oxygen atoms in total. The molecule has 0 spiro atoms. The second-order valence-electron chi connectivity index (χ2n) is 12.8. The van der Waals surface area contributed by atoms with E-state index < -0.39 is 23.8 Å². The number of carbonyl (C=O) groups excluding carboxylic acids is 3. The van der Waals surface area contributed by atoms with Gasteiger partial charge in [0.05, 0.1) is 0 Å². The minimum atomic E-state index is -0.940. The lowest BCUT2D eigenvalue weighted by atomic mass is 9.95. The van der Waals surface area contributed by atoms with Gasteiger partial charge in [0.25, 0.3) is 0 Å². The maximum atomic E-state index is 14.5. The summed E-state index contributed by atoms with van der Waals surface area (Å²) >= 11 is 0. The molecule has 3 atom stereocenters. The number of amides is 3. The number of nitrogens with one attached hydrogen (secondary N) is 2. The summed E-state index contributed by atoms with van der Waals surface area (Å²) in [4.78, 5) is 43.1. The van der Waals surface area contributed by atoms with Gasteiger partial charge in [-0.05, 0) is 82.1 Å². The number of benzene rings is 2. The van der Waals surface area contributed by atoms with Crippen molar-refractivity contribution in [2.45, 2.75) is 105 Å². The SMILES string of the molecule is C#Cc1ccc(C(C(=O)NCc2ccccc2)N(C(=O)C(CC(C)C)NC(=O)OC(C)(C)C)C(C)CCC(C)C)cc1. The van der Waals surface area contributed by atoms with Crippen LogP contribution in [0.1, 0.15) is 97.4 Å². The van der Waals surface area contributed by atoms with Gasteiger partial charge in [0.1, 0.15) is 17.7 Å². The molecule has 0 radical (unpaired) electrons. The van der Waals surface area contributed by atoms with Crippen LogP contribution in [0.2, 0.25) is 0 Å². The van der Waals surface area contributed by atoms with Crippen LogP contribution in [0, 0.1) is 24.2 Å². The van der Waals surface area contributed by atoms with Crippen LogP contribution in [0.25, 0.3) is 0 Å². The first kappa shape index (κ1) is 34.4. The summed E-state index contributed by atoms with van der Waals surface area (Å²) in [5.74, 6) is 2.49. The Hall–Kier alpha value is -3.79. The Labute approximate surface area is 252 Å². The zero-order valence-corrected chi connectivity index (χ0v) is 26.6. The fourth-order valence-electron chi connectivity index (χ4n) is 4.72. The Kier molecular flexibility index (Phi) is 13.1. The van der Waals surface area contributed by atoms with Crippen molar-refractivity contribution in [3.05, 3.63) is 71.3 Å². The molecule has 0 aliphatic rings. The average Bonchev–Trinajstić information content (AvgIpc) is 2.92. The van der Waals surface area contributed by atoms with E-state index in [9.17, 15) is 14.4 Å². The Bertz CT molecular complexity index is 1190. The van der Waals surface area contributed by atoms with Crippen molar-refractivity contribution in [1.29, 1.82) is 0 Å². The monoisotopic (exact) mass is 575 g/mol. The van der Waals surface area contributed by atoms with E-state index in [1.165, 1.54) is 0 Å². The van der Waals surface area contributed by atoms with Crippen molar-refractivity contribution < 1.29 is 19.1 Å². The van der Waals surface area contributed by atoms with Crippen molar-refractivity contribution in [3.63, 3.8) is 0 Å². The molecular formula is C35H49N3O4. The summed E-state index contributed by atoms with van der Waals surface area (Å²) < 4.78 is 5.51. The molecule has 0 heterocycles. The maximum absolute atomic E-state index is 14.5. The molecule has 0 aromatic heterocycles. The summed E-state index contributed by atoms with van der Waals surface area (Å²) in [6, 6.07) is 14.7. The van der Waals surface area contributed by atoms with E-state index in [2.05, 4.69) is 30.4 Å². The first-order chi connectivity index (χ1) is 19.7. The van der Waals surface area contributed by atoms with Crippen molar-refractivity contribution in [2.75, 3.05) is 0 Å². The second kappa shape index (κ2) is 16.0. The molecule has 0 saturated carbocycles. The summed E-state index contributed by atoms with van der Waals surface area (Å²) in [7, 11) is 0. The Morgan fingerprint density at radius 1 is 0.905 bits per heavy atom. The molecule has 3 amide bonds. The topological polar surface area (TPSA) is 87.7 Å². The van der Waals surface area contributed by atoms with Crippen LogP contribution in [0.3, 0.4) is 0 Å². The minimum Gasteiger partial charge on any atom is -0.444 e. The molecule has 42 heavy (non-hydrogen) atoms. The normalized spacial score (nSPS) is 13.5. The van der Waals surface area contributed by atoms with Gasteiger partial charge in [-0.15, -0.1) is 6.42 Å². The van der Waals surface area contributed by atoms with Crippen LogP contribution in [0.4, 0.5) is 4.79 Å². The quantitative estimate of drug-likeness (QED) is 0.263. The lowest BCUT2D eigenvalue weighted by Gasteiger charge is -2.39. The van der Waals surface area contributed by atoms with Gasteiger partial charge in [0.2, 0.25) is 11.8 Å². The molecule has 0 aliphatic carbocycles. The number of alkyl carbamates (subject to hydrolysis) is 1. The molecule has 3 unspecified atom stereocenters. The first-order valence-electron chi connectivity index (χ1n) is 14.9. The number of hydrogen-bond acceptors (Lipinski definition) is 4. The minimum absolute atomic E-state index is 0.0991. The Morgan fingerprint density at radius 3 is 2.05 bits per heavy atom. The summed E-state index contributed by atoms with van der Waals surface area (Å²) in [5.41, 5.74) is 1.54. The van der Waals surface area contributed by atoms with Gasteiger partial charge in [-0.2, -0.15) is 0 Å². The van der Waals surface area contributed by atoms with Gasteiger partial charge in [-0.3, -0.25) is 9.59 Å². The van der Waals surface area contributed by atoms with Crippen LogP contribution in [-0.4, -0.2) is 40.5 Å². The number of terminal acetylenes is 1. The van der Waals surface area contributed by atoms with Gasteiger partial charge < -0.3 is 20.3 Å². The van der Waals surface area contributed by atoms with Gasteiger partial charge >= 0.3 is 6.09 Å². The Morgan fingerprint density at radius 2 is 1.52 bits per heavy atom. The largest absolute Gasteiger partial charge is 0.444 e. The fourth-order valence-corrected chi connectivity index (χ4v) is 4.72. The van der Waals surface area contributed by atoms with E-state index in [1.807, 2.05) is 51.1 Å². The fraction of sp³-hybridized carbons (Fsp3) is 0.514. The van der Waals surface area contributed by atoms with Crippen molar-refractivity contribution >= 4 is 17.9 Å². The highest BCUT2D eigenvalue weighted by molar-refractivity contribution is 5.92. The molecule has 0 aliphatic heterocycles. The number of rotatable bonds is 13. The van der Waals surface area contributed by atoms with Gasteiger partial charge in [0.15, 0.2) is 0 Å². The third kappa shape index (κ3) is 11.2. The Balaban J connectivity index is 2.58. The highest BCUT2D eigenvalue weighted by atomic mass is 16.6. The standard InChI is InChI=1S/C35H49N3O4/c1-10-27-18-20-29(21-19-27)31(32(39)36-23-28-14-12-11-13-15-28)38(26(6)17-16-24(2)3)33(40)30(22-25(4)5)37-34(41)42-35(7,8)9/h1,11-15,18-21,24-26,30-31H,16-17,22-23H2,2-9H3,(H,36,39)(H,37,41). The zero-order valence-electron chi connectivity index (χ0n) is 26.6. The van der Waals surface area contributed by atoms with E-state index in [0.717, 1.165) is 12.0 Å². The van der Waals surface area contributed by atoms with Crippen LogP contribution in [0.5, 0.6) is 0 Å². The highest BCUT2D eigenvalue weighted by Crippen LogP contribution is 2.29. The number of hydrogen-bond donors (Lipinski definition) is 2. The molecule has 2 aromatic carbocycles. The molecule has 0 saturated heterocycles. The molecule has 0 bridgehead atoms. The van der Waals surface area contributed by atoms with Gasteiger partial charge in [-0.1, -0.05) is 76.1 Å². The van der Waals surface area contributed by atoms with Crippen LogP contribution >= 0.6 is 0 Å². The molecule has 228 valence electrons. The van der Waals surface area contributed by atoms with E-state index in [0.29, 0.717) is 36.4 Å². The summed E-state index contributed by atoms with van der Waals surface area (Å²) in [6.45, 7) is 15.9. The highest BCUT2D eigenvalue weighted by Gasteiger charge is 2.39. The zero-order chi connectivity index (χ0) is 31.4. The van der Waals surface area contributed by atoms with Crippen LogP contribution in [-0.2, 0) is 20.9 Å². The predicted octanol–water partition coefficient (Wildman–Crippen LogP) is 6.62. The second-order valence-corrected chi connectivity index (χ2v) is 12.8. The lowest BCUT2D eigenvalue weighted by Crippen LogP contribution is -2.55. The number of carbonyl (C=O) groups is 3. The van der Waals surface area contributed by atoms with Crippen molar-refractivity contribution in [3.8, 4) is 12.3 Å². The lowest BCUT2D eigenvalue weighted by molar-refractivity contribution is -0.145.